The molecule has 2 heterocycles. The summed E-state index contributed by atoms with van der Waals surface area (Å²) < 4.78 is 19.6. The van der Waals surface area contributed by atoms with E-state index in [4.69, 9.17) is 21.6 Å². The van der Waals surface area contributed by atoms with Crippen molar-refractivity contribution in [3.63, 3.8) is 0 Å². The molecule has 4 rings (SSSR count). The van der Waals surface area contributed by atoms with Crippen molar-refractivity contribution in [1.29, 1.82) is 5.26 Å². The molecule has 1 spiro atoms. The number of ether oxygens (including phenoxy) is 1. The van der Waals surface area contributed by atoms with Crippen LogP contribution in [0.15, 0.2) is 42.5 Å². The number of amides is 3. The predicted octanol–water partition coefficient (Wildman–Crippen LogP) is 2.94. The SMILES string of the molecule is COC(=O)N1CCC2(C1)C(=O)N(c1ccc(C#N)cc1F)CC(=O)N2Cc1ccc(Cl)cc1. The summed E-state index contributed by atoms with van der Waals surface area (Å²) in [5, 5.41) is 9.54. The molecule has 0 aliphatic carbocycles. The molecule has 1 unspecified atom stereocenters. The summed E-state index contributed by atoms with van der Waals surface area (Å²) >= 11 is 5.97. The Labute approximate surface area is 194 Å². The summed E-state index contributed by atoms with van der Waals surface area (Å²) in [6.07, 6.45) is -0.436. The van der Waals surface area contributed by atoms with Crippen LogP contribution in [-0.2, 0) is 20.9 Å². The van der Waals surface area contributed by atoms with Gasteiger partial charge in [0.1, 0.15) is 17.9 Å². The normalized spacial score (nSPS) is 20.4. The zero-order valence-electron chi connectivity index (χ0n) is 17.8. The number of halogens is 2. The van der Waals surface area contributed by atoms with E-state index >= 15 is 0 Å². The molecular formula is C23H20ClFN4O4. The molecule has 2 saturated heterocycles. The monoisotopic (exact) mass is 470 g/mol. The number of hydrogen-bond donors (Lipinski definition) is 0. The van der Waals surface area contributed by atoms with Gasteiger partial charge >= 0.3 is 6.09 Å². The van der Waals surface area contributed by atoms with Gasteiger partial charge in [-0.3, -0.25) is 14.5 Å². The first-order valence-corrected chi connectivity index (χ1v) is 10.6. The molecule has 170 valence electrons. The lowest BCUT2D eigenvalue weighted by Gasteiger charge is -2.47. The highest BCUT2D eigenvalue weighted by Crippen LogP contribution is 2.37. The third-order valence-electron chi connectivity index (χ3n) is 6.06. The molecule has 0 N–H and O–H groups in total. The van der Waals surface area contributed by atoms with E-state index < -0.39 is 23.4 Å². The van der Waals surface area contributed by atoms with Crippen molar-refractivity contribution in [2.24, 2.45) is 0 Å². The van der Waals surface area contributed by atoms with Gasteiger partial charge < -0.3 is 14.5 Å². The molecule has 2 aliphatic rings. The Hall–Kier alpha value is -3.64. The number of carbonyl (C=O) groups is 3. The Kier molecular flexibility index (Phi) is 5.95. The summed E-state index contributed by atoms with van der Waals surface area (Å²) in [7, 11) is 1.24. The van der Waals surface area contributed by atoms with Gasteiger partial charge in [-0.1, -0.05) is 23.7 Å². The highest BCUT2D eigenvalue weighted by Gasteiger charge is 2.57. The number of rotatable bonds is 3. The van der Waals surface area contributed by atoms with Crippen LogP contribution in [0.3, 0.4) is 0 Å². The van der Waals surface area contributed by atoms with Crippen LogP contribution >= 0.6 is 11.6 Å². The highest BCUT2D eigenvalue weighted by molar-refractivity contribution is 6.30. The molecule has 0 radical (unpaired) electrons. The van der Waals surface area contributed by atoms with E-state index in [1.807, 2.05) is 6.07 Å². The van der Waals surface area contributed by atoms with E-state index in [1.54, 1.807) is 24.3 Å². The van der Waals surface area contributed by atoms with E-state index in [0.717, 1.165) is 16.5 Å². The second kappa shape index (κ2) is 8.71. The van der Waals surface area contributed by atoms with E-state index in [-0.39, 0.29) is 49.8 Å². The molecule has 0 bridgehead atoms. The fraction of sp³-hybridized carbons (Fsp3) is 0.304. The Bertz CT molecular complexity index is 1170. The van der Waals surface area contributed by atoms with Crippen molar-refractivity contribution in [1.82, 2.24) is 9.80 Å². The Morgan fingerprint density at radius 1 is 1.24 bits per heavy atom. The molecule has 0 saturated carbocycles. The van der Waals surface area contributed by atoms with Crippen LogP contribution in [0, 0.1) is 17.1 Å². The summed E-state index contributed by atoms with van der Waals surface area (Å²) in [5.74, 6) is -1.66. The number of anilines is 1. The Morgan fingerprint density at radius 3 is 2.61 bits per heavy atom. The predicted molar refractivity (Wildman–Crippen MR) is 117 cm³/mol. The molecule has 2 fully saturated rings. The first-order valence-electron chi connectivity index (χ1n) is 10.2. The van der Waals surface area contributed by atoms with Crippen LogP contribution < -0.4 is 4.90 Å². The second-order valence-electron chi connectivity index (χ2n) is 7.95. The molecule has 2 aromatic carbocycles. The molecular weight excluding hydrogens is 451 g/mol. The molecule has 0 aromatic heterocycles. The van der Waals surface area contributed by atoms with Gasteiger partial charge in [0.2, 0.25) is 5.91 Å². The average molecular weight is 471 g/mol. The number of hydrogen-bond acceptors (Lipinski definition) is 5. The van der Waals surface area contributed by atoms with Crippen molar-refractivity contribution >= 4 is 35.2 Å². The van der Waals surface area contributed by atoms with Gasteiger partial charge in [-0.25, -0.2) is 9.18 Å². The van der Waals surface area contributed by atoms with Crippen molar-refractivity contribution in [3.05, 3.63) is 64.4 Å². The third kappa shape index (κ3) is 3.98. The second-order valence-corrected chi connectivity index (χ2v) is 8.39. The van der Waals surface area contributed by atoms with E-state index in [9.17, 15) is 18.8 Å². The Balaban J connectivity index is 1.74. The van der Waals surface area contributed by atoms with Gasteiger partial charge in [0.15, 0.2) is 0 Å². The van der Waals surface area contributed by atoms with Crippen LogP contribution in [0.25, 0.3) is 0 Å². The van der Waals surface area contributed by atoms with Gasteiger partial charge in [0.05, 0.1) is 31.0 Å². The molecule has 33 heavy (non-hydrogen) atoms. The lowest BCUT2D eigenvalue weighted by molar-refractivity contribution is -0.151. The topological polar surface area (TPSA) is 94.0 Å². The number of methoxy groups -OCH3 is 1. The van der Waals surface area contributed by atoms with Crippen LogP contribution in [0.1, 0.15) is 17.5 Å². The van der Waals surface area contributed by atoms with E-state index in [2.05, 4.69) is 0 Å². The number of likely N-dealkylation sites (tertiary alicyclic amines) is 1. The van der Waals surface area contributed by atoms with Gasteiger partial charge in [-0.05, 0) is 42.3 Å². The van der Waals surface area contributed by atoms with Crippen molar-refractivity contribution in [2.75, 3.05) is 31.6 Å². The minimum atomic E-state index is -1.39. The standard InChI is InChI=1S/C23H20ClFN4O4/c1-33-22(32)27-9-8-23(14-27)21(31)28(19-7-4-16(11-26)10-18(19)25)13-20(30)29(23)12-15-2-5-17(24)6-3-15/h2-7,10H,8-9,12-14H2,1H3. The minimum absolute atomic E-state index is 0.0771. The fourth-order valence-corrected chi connectivity index (χ4v) is 4.50. The zero-order valence-corrected chi connectivity index (χ0v) is 18.5. The molecule has 3 amide bonds. The Morgan fingerprint density at radius 2 is 1.97 bits per heavy atom. The van der Waals surface area contributed by atoms with Crippen molar-refractivity contribution < 1.29 is 23.5 Å². The maximum absolute atomic E-state index is 14.8. The summed E-state index contributed by atoms with van der Waals surface area (Å²) in [4.78, 5) is 43.2. The van der Waals surface area contributed by atoms with Gasteiger partial charge in [0, 0.05) is 18.1 Å². The molecule has 1 atom stereocenters. The van der Waals surface area contributed by atoms with E-state index in [1.165, 1.54) is 29.0 Å². The maximum atomic E-state index is 14.8. The first kappa shape index (κ1) is 22.6. The molecule has 2 aliphatic heterocycles. The van der Waals surface area contributed by atoms with Crippen molar-refractivity contribution in [3.8, 4) is 6.07 Å². The van der Waals surface area contributed by atoms with Crippen LogP contribution in [0.4, 0.5) is 14.9 Å². The van der Waals surface area contributed by atoms with Gasteiger partial charge in [-0.2, -0.15) is 5.26 Å². The summed E-state index contributed by atoms with van der Waals surface area (Å²) in [6.45, 7) is -0.117. The van der Waals surface area contributed by atoms with Crippen LogP contribution in [0.2, 0.25) is 5.02 Å². The van der Waals surface area contributed by atoms with Gasteiger partial charge in [-0.15, -0.1) is 0 Å². The average Bonchev–Trinajstić information content (AvgIpc) is 3.26. The lowest BCUT2D eigenvalue weighted by atomic mass is 9.90. The van der Waals surface area contributed by atoms with Crippen LogP contribution in [0.5, 0.6) is 0 Å². The number of nitriles is 1. The largest absolute Gasteiger partial charge is 0.453 e. The highest BCUT2D eigenvalue weighted by atomic mass is 35.5. The van der Waals surface area contributed by atoms with E-state index in [0.29, 0.717) is 5.02 Å². The molecule has 10 heteroatoms. The van der Waals surface area contributed by atoms with Gasteiger partial charge in [0.25, 0.3) is 5.91 Å². The molecule has 8 nitrogen and oxygen atoms in total. The quantitative estimate of drug-likeness (QED) is 0.687. The number of nitrogens with zero attached hydrogens (tertiary/aromatic N) is 4. The zero-order chi connectivity index (χ0) is 23.8. The molecule has 2 aromatic rings. The lowest BCUT2D eigenvalue weighted by Crippen LogP contribution is -2.69. The smallest absolute Gasteiger partial charge is 0.409 e. The maximum Gasteiger partial charge on any atom is 0.409 e. The fourth-order valence-electron chi connectivity index (χ4n) is 4.37. The van der Waals surface area contributed by atoms with Crippen LogP contribution in [-0.4, -0.2) is 60.0 Å². The third-order valence-corrected chi connectivity index (χ3v) is 6.31. The number of benzene rings is 2. The first-order chi connectivity index (χ1) is 15.8. The summed E-state index contributed by atoms with van der Waals surface area (Å²) in [5.41, 5.74) is -0.614. The minimum Gasteiger partial charge on any atom is -0.453 e. The summed E-state index contributed by atoms with van der Waals surface area (Å²) in [6, 6.07) is 12.5. The van der Waals surface area contributed by atoms with Crippen molar-refractivity contribution in [2.45, 2.75) is 18.5 Å². The number of carbonyl (C=O) groups excluding carboxylic acids is 3. The number of piperazine rings is 1.